The molecule has 38 heavy (non-hydrogen) atoms. The Morgan fingerprint density at radius 3 is 2.55 bits per heavy atom. The Bertz CT molecular complexity index is 1270. The number of rotatable bonds is 11. The number of carbonyl (C=O) groups excluding carboxylic acids is 2. The normalized spacial score (nSPS) is 18.5. The highest BCUT2D eigenvalue weighted by atomic mass is 19.1. The van der Waals surface area contributed by atoms with Crippen molar-refractivity contribution in [2.45, 2.75) is 84.2 Å². The van der Waals surface area contributed by atoms with Crippen molar-refractivity contribution in [1.29, 1.82) is 0 Å². The minimum atomic E-state index is -0.551. The third-order valence-electron chi connectivity index (χ3n) is 7.26. The van der Waals surface area contributed by atoms with Gasteiger partial charge in [0.15, 0.2) is 5.78 Å². The lowest BCUT2D eigenvalue weighted by Gasteiger charge is -2.29. The van der Waals surface area contributed by atoms with Crippen LogP contribution in [0.5, 0.6) is 0 Å². The average molecular weight is 526 g/mol. The molecule has 3 heterocycles. The number of ketones is 1. The van der Waals surface area contributed by atoms with E-state index < -0.39 is 5.82 Å². The minimum Gasteiger partial charge on any atom is -0.367 e. The van der Waals surface area contributed by atoms with E-state index in [1.165, 1.54) is 22.7 Å². The number of imidazole rings is 1. The number of halogens is 2. The Balaban J connectivity index is 1.29. The molecule has 1 unspecified atom stereocenters. The van der Waals surface area contributed by atoms with E-state index in [4.69, 9.17) is 0 Å². The van der Waals surface area contributed by atoms with Gasteiger partial charge in [0.1, 0.15) is 28.8 Å². The second-order valence-electron chi connectivity index (χ2n) is 11.0. The quantitative estimate of drug-likeness (QED) is 0.291. The maximum absolute atomic E-state index is 14.0. The number of hydrogen-bond donors (Lipinski definition) is 2. The van der Waals surface area contributed by atoms with Crippen molar-refractivity contribution in [3.05, 3.63) is 59.7 Å². The van der Waals surface area contributed by atoms with Gasteiger partial charge in [0, 0.05) is 30.9 Å². The van der Waals surface area contributed by atoms with E-state index >= 15 is 0 Å². The average Bonchev–Trinajstić information content (AvgIpc) is 3.29. The molecule has 1 aliphatic rings. The zero-order chi connectivity index (χ0) is 27.2. The molecule has 1 fully saturated rings. The van der Waals surface area contributed by atoms with Crippen LogP contribution in [0.3, 0.4) is 0 Å². The number of Topliss-reactive ketones (excluding diaryl/α,β-unsaturated/α-hetero) is 1. The van der Waals surface area contributed by atoms with Gasteiger partial charge in [0.2, 0.25) is 0 Å². The highest BCUT2D eigenvalue weighted by molar-refractivity contribution is 5.99. The lowest BCUT2D eigenvalue weighted by atomic mass is 9.83. The monoisotopic (exact) mass is 525 g/mol. The highest BCUT2D eigenvalue weighted by Gasteiger charge is 2.26. The maximum atomic E-state index is 14.0. The molecule has 0 radical (unpaired) electrons. The predicted molar refractivity (Wildman–Crippen MR) is 143 cm³/mol. The summed E-state index contributed by atoms with van der Waals surface area (Å²) >= 11 is 0. The van der Waals surface area contributed by atoms with Gasteiger partial charge in [-0.2, -0.15) is 0 Å². The van der Waals surface area contributed by atoms with Crippen molar-refractivity contribution in [3.63, 3.8) is 0 Å². The van der Waals surface area contributed by atoms with E-state index in [1.807, 2.05) is 6.92 Å². The second-order valence-corrected chi connectivity index (χ2v) is 11.0. The molecule has 1 amide bonds. The first-order chi connectivity index (χ1) is 18.2. The lowest BCUT2D eigenvalue weighted by Crippen LogP contribution is -2.38. The number of pyridine rings is 2. The van der Waals surface area contributed by atoms with Crippen molar-refractivity contribution in [1.82, 2.24) is 19.7 Å². The van der Waals surface area contributed by atoms with Crippen molar-refractivity contribution in [2.75, 3.05) is 5.32 Å². The zero-order valence-corrected chi connectivity index (χ0v) is 22.3. The molecular weight excluding hydrogens is 488 g/mol. The number of hydrogen-bond acceptors (Lipinski definition) is 5. The fraction of sp³-hybridized carbons (Fsp3) is 0.517. The van der Waals surface area contributed by atoms with Crippen LogP contribution >= 0.6 is 0 Å². The Morgan fingerprint density at radius 2 is 1.82 bits per heavy atom. The lowest BCUT2D eigenvalue weighted by molar-refractivity contribution is 0.0895. The first-order valence-corrected chi connectivity index (χ1v) is 13.6. The predicted octanol–water partition coefficient (Wildman–Crippen LogP) is 6.20. The number of amides is 1. The van der Waals surface area contributed by atoms with Gasteiger partial charge in [0.25, 0.3) is 5.91 Å². The second kappa shape index (κ2) is 12.5. The van der Waals surface area contributed by atoms with E-state index in [0.717, 1.165) is 51.1 Å². The van der Waals surface area contributed by atoms with Crippen molar-refractivity contribution < 1.29 is 18.4 Å². The fourth-order valence-electron chi connectivity index (χ4n) is 5.11. The molecule has 0 aliphatic heterocycles. The topological polar surface area (TPSA) is 88.4 Å². The summed E-state index contributed by atoms with van der Waals surface area (Å²) in [6, 6.07) is 4.16. The third kappa shape index (κ3) is 7.36. The number of anilines is 1. The summed E-state index contributed by atoms with van der Waals surface area (Å²) in [6.07, 6.45) is 10.5. The molecule has 1 saturated carbocycles. The van der Waals surface area contributed by atoms with E-state index in [2.05, 4.69) is 34.4 Å². The Kier molecular flexibility index (Phi) is 9.07. The van der Waals surface area contributed by atoms with Crippen LogP contribution in [0, 0.1) is 23.5 Å². The van der Waals surface area contributed by atoms with E-state index in [-0.39, 0.29) is 41.1 Å². The van der Waals surface area contributed by atoms with Gasteiger partial charge in [-0.3, -0.25) is 9.59 Å². The van der Waals surface area contributed by atoms with Crippen molar-refractivity contribution >= 4 is 23.2 Å². The van der Waals surface area contributed by atoms with Crippen LogP contribution in [0.2, 0.25) is 0 Å². The Hall–Kier alpha value is -3.36. The number of nitrogens with one attached hydrogen (secondary N) is 2. The Morgan fingerprint density at radius 1 is 1.05 bits per heavy atom. The van der Waals surface area contributed by atoms with Crippen LogP contribution in [0.4, 0.5) is 14.6 Å². The summed E-state index contributed by atoms with van der Waals surface area (Å²) in [6.45, 7) is 6.43. The van der Waals surface area contributed by atoms with Crippen LogP contribution in [-0.4, -0.2) is 38.1 Å². The van der Waals surface area contributed by atoms with Gasteiger partial charge in [-0.05, 0) is 69.1 Å². The summed E-state index contributed by atoms with van der Waals surface area (Å²) in [7, 11) is 0. The first-order valence-electron chi connectivity index (χ1n) is 13.6. The van der Waals surface area contributed by atoms with Crippen molar-refractivity contribution in [3.8, 4) is 0 Å². The van der Waals surface area contributed by atoms with Crippen LogP contribution in [0.15, 0.2) is 36.8 Å². The molecule has 9 heteroatoms. The SMILES string of the molecule is CC(C)CCCC(C)Nc1ncc(F)cc1C(=O)NC1CCC(CC(=O)c2cn3cc(F)ccc3n2)CC1. The molecule has 1 aliphatic carbocycles. The molecule has 3 aromatic heterocycles. The number of fused-ring (bicyclic) bond motifs is 1. The van der Waals surface area contributed by atoms with E-state index in [0.29, 0.717) is 29.5 Å². The van der Waals surface area contributed by atoms with Crippen LogP contribution in [0.25, 0.3) is 5.65 Å². The summed E-state index contributed by atoms with van der Waals surface area (Å²) < 4.78 is 28.9. The van der Waals surface area contributed by atoms with Gasteiger partial charge < -0.3 is 15.0 Å². The molecule has 0 aromatic carbocycles. The molecular formula is C29H37F2N5O2. The molecule has 204 valence electrons. The van der Waals surface area contributed by atoms with E-state index in [9.17, 15) is 18.4 Å². The van der Waals surface area contributed by atoms with Gasteiger partial charge in [-0.25, -0.2) is 18.7 Å². The fourth-order valence-corrected chi connectivity index (χ4v) is 5.11. The summed E-state index contributed by atoms with van der Waals surface area (Å²) in [5.74, 6) is -0.120. The zero-order valence-electron chi connectivity index (χ0n) is 22.3. The molecule has 0 spiro atoms. The number of nitrogens with zero attached hydrogens (tertiary/aromatic N) is 3. The van der Waals surface area contributed by atoms with Gasteiger partial charge in [-0.1, -0.05) is 26.7 Å². The molecule has 3 aromatic rings. The number of aromatic nitrogens is 3. The highest BCUT2D eigenvalue weighted by Crippen LogP contribution is 2.29. The van der Waals surface area contributed by atoms with Gasteiger partial charge in [-0.15, -0.1) is 0 Å². The standard InChI is InChI=1S/C29H37F2N5O2/c1-18(2)5-4-6-19(3)33-28-24(14-22(31)15-32-28)29(38)34-23-10-7-20(8-11-23)13-26(37)25-17-36-16-21(30)9-12-27(36)35-25/h9,12,14-20,23H,4-8,10-11,13H2,1-3H3,(H,32,33)(H,34,38). The molecule has 7 nitrogen and oxygen atoms in total. The smallest absolute Gasteiger partial charge is 0.255 e. The molecule has 0 saturated heterocycles. The molecule has 1 atom stereocenters. The summed E-state index contributed by atoms with van der Waals surface area (Å²) in [5.41, 5.74) is 1.08. The summed E-state index contributed by atoms with van der Waals surface area (Å²) in [4.78, 5) is 34.3. The van der Waals surface area contributed by atoms with Gasteiger partial charge in [0.05, 0.1) is 11.8 Å². The molecule has 0 bridgehead atoms. The number of carbonyl (C=O) groups is 2. The third-order valence-corrected chi connectivity index (χ3v) is 7.26. The van der Waals surface area contributed by atoms with Crippen LogP contribution < -0.4 is 10.6 Å². The van der Waals surface area contributed by atoms with Crippen molar-refractivity contribution in [2.24, 2.45) is 11.8 Å². The summed E-state index contributed by atoms with van der Waals surface area (Å²) in [5, 5.41) is 6.32. The minimum absolute atomic E-state index is 0.0494. The molecule has 4 rings (SSSR count). The van der Waals surface area contributed by atoms with Gasteiger partial charge >= 0.3 is 0 Å². The molecule has 2 N–H and O–H groups in total. The van der Waals surface area contributed by atoms with E-state index in [1.54, 1.807) is 12.3 Å². The largest absolute Gasteiger partial charge is 0.367 e. The first kappa shape index (κ1) is 27.7. The van der Waals surface area contributed by atoms with Crippen LogP contribution in [0.1, 0.15) is 93.0 Å². The maximum Gasteiger partial charge on any atom is 0.255 e. The van der Waals surface area contributed by atoms with Crippen LogP contribution in [-0.2, 0) is 0 Å². The Labute approximate surface area is 222 Å².